The molecule has 0 amide bonds. The number of rotatable bonds is 8. The Balaban J connectivity index is 1.50. The normalized spacial score (nSPS) is 21.7. The minimum Gasteiger partial charge on any atom is -0.504 e. The maximum absolute atomic E-state index is 9.75. The first kappa shape index (κ1) is 22.8. The van der Waals surface area contributed by atoms with E-state index in [0.717, 1.165) is 18.5 Å². The van der Waals surface area contributed by atoms with E-state index in [-0.39, 0.29) is 11.5 Å². The molecular formula is C28H34NO2P. The zero-order valence-corrected chi connectivity index (χ0v) is 19.9. The molecule has 0 spiro atoms. The Hall–Kier alpha value is -2.35. The molecule has 1 fully saturated rings. The van der Waals surface area contributed by atoms with Crippen molar-refractivity contribution in [3.8, 4) is 11.5 Å². The molecule has 3 aromatic carbocycles. The fourth-order valence-electron chi connectivity index (χ4n) is 5.20. The van der Waals surface area contributed by atoms with Gasteiger partial charge in [-0.1, -0.05) is 73.7 Å². The van der Waals surface area contributed by atoms with Gasteiger partial charge in [0.2, 0.25) is 0 Å². The van der Waals surface area contributed by atoms with Gasteiger partial charge >= 0.3 is 0 Å². The zero-order chi connectivity index (χ0) is 22.5. The molecule has 3 aromatic rings. The van der Waals surface area contributed by atoms with Crippen LogP contribution in [0.5, 0.6) is 11.5 Å². The number of aromatic hydroxyl groups is 2. The summed E-state index contributed by atoms with van der Waals surface area (Å²) in [5.74, 6) is 1.22. The summed E-state index contributed by atoms with van der Waals surface area (Å²) in [6.45, 7) is 5.64. The molecule has 1 saturated carbocycles. The van der Waals surface area contributed by atoms with E-state index in [0.29, 0.717) is 23.5 Å². The lowest BCUT2D eigenvalue weighted by molar-refractivity contribution is 0.380. The highest BCUT2D eigenvalue weighted by Crippen LogP contribution is 2.53. The van der Waals surface area contributed by atoms with Gasteiger partial charge in [0.05, 0.1) is 0 Å². The van der Waals surface area contributed by atoms with Gasteiger partial charge in [-0.15, -0.1) is 0 Å². The van der Waals surface area contributed by atoms with Crippen LogP contribution in [-0.2, 0) is 6.42 Å². The van der Waals surface area contributed by atoms with Gasteiger partial charge in [-0.3, -0.25) is 0 Å². The second-order valence-electron chi connectivity index (χ2n) is 9.07. The van der Waals surface area contributed by atoms with Gasteiger partial charge < -0.3 is 15.5 Å². The summed E-state index contributed by atoms with van der Waals surface area (Å²) in [4.78, 5) is 0. The van der Waals surface area contributed by atoms with E-state index >= 15 is 0 Å². The average molecular weight is 448 g/mol. The highest BCUT2D eigenvalue weighted by atomic mass is 31.1. The van der Waals surface area contributed by atoms with Crippen LogP contribution in [-0.4, -0.2) is 28.5 Å². The van der Waals surface area contributed by atoms with Gasteiger partial charge in [-0.2, -0.15) is 0 Å². The van der Waals surface area contributed by atoms with Crippen LogP contribution < -0.4 is 15.9 Å². The van der Waals surface area contributed by atoms with Crippen LogP contribution in [0.25, 0.3) is 0 Å². The summed E-state index contributed by atoms with van der Waals surface area (Å²) in [6.07, 6.45) is 3.38. The summed E-state index contributed by atoms with van der Waals surface area (Å²) < 4.78 is 0. The molecule has 3 unspecified atom stereocenters. The van der Waals surface area contributed by atoms with E-state index in [1.54, 1.807) is 12.1 Å². The smallest absolute Gasteiger partial charge is 0.157 e. The monoisotopic (exact) mass is 447 g/mol. The van der Waals surface area contributed by atoms with Crippen molar-refractivity contribution in [3.63, 3.8) is 0 Å². The number of phenolic OH excluding ortho intramolecular Hbond substituents is 2. The van der Waals surface area contributed by atoms with E-state index in [1.165, 1.54) is 23.5 Å². The molecular weight excluding hydrogens is 413 g/mol. The lowest BCUT2D eigenvalue weighted by Crippen LogP contribution is -2.41. The molecule has 168 valence electrons. The summed E-state index contributed by atoms with van der Waals surface area (Å²) in [7, 11) is -0.431. The third kappa shape index (κ3) is 5.17. The van der Waals surface area contributed by atoms with Crippen LogP contribution in [0.15, 0.2) is 78.9 Å². The Bertz CT molecular complexity index is 955. The van der Waals surface area contributed by atoms with Gasteiger partial charge in [0.15, 0.2) is 11.5 Å². The molecule has 4 rings (SSSR count). The average Bonchev–Trinajstić information content (AvgIpc) is 3.19. The van der Waals surface area contributed by atoms with Gasteiger partial charge in [0.25, 0.3) is 0 Å². The fourth-order valence-corrected chi connectivity index (χ4v) is 8.62. The zero-order valence-electron chi connectivity index (χ0n) is 19.0. The highest BCUT2D eigenvalue weighted by molar-refractivity contribution is 7.73. The lowest BCUT2D eigenvalue weighted by Gasteiger charge is -2.36. The first-order valence-electron chi connectivity index (χ1n) is 11.7. The Labute approximate surface area is 193 Å². The fraction of sp³-hybridized carbons (Fsp3) is 0.357. The number of nitrogens with one attached hydrogen (secondary N) is 1. The third-order valence-corrected chi connectivity index (χ3v) is 10.1. The van der Waals surface area contributed by atoms with Crippen LogP contribution in [0.1, 0.15) is 32.3 Å². The van der Waals surface area contributed by atoms with Crippen molar-refractivity contribution in [2.24, 2.45) is 11.8 Å². The van der Waals surface area contributed by atoms with Crippen LogP contribution in [0.2, 0.25) is 0 Å². The Morgan fingerprint density at radius 2 is 1.50 bits per heavy atom. The molecule has 3 N–H and O–H groups in total. The molecule has 4 heteroatoms. The summed E-state index contributed by atoms with van der Waals surface area (Å²) in [6, 6.07) is 27.7. The number of phenols is 2. The lowest BCUT2D eigenvalue weighted by atomic mass is 9.97. The largest absolute Gasteiger partial charge is 0.504 e. The Morgan fingerprint density at radius 3 is 2.09 bits per heavy atom. The quantitative estimate of drug-likeness (QED) is 0.330. The topological polar surface area (TPSA) is 52.5 Å². The summed E-state index contributed by atoms with van der Waals surface area (Å²) in [5, 5.41) is 26.0. The number of hydrogen-bond donors (Lipinski definition) is 3. The molecule has 3 nitrogen and oxygen atoms in total. The SMILES string of the molecule is CC1CC[C@@H](C(C)NCCc2ccc(O)c(O)c2)C1P(c1ccccc1)c1ccccc1. The van der Waals surface area contributed by atoms with Gasteiger partial charge in [0.1, 0.15) is 0 Å². The molecule has 1 aliphatic rings. The molecule has 0 radical (unpaired) electrons. The predicted molar refractivity (Wildman–Crippen MR) is 136 cm³/mol. The van der Waals surface area contributed by atoms with E-state index in [1.807, 2.05) is 6.07 Å². The van der Waals surface area contributed by atoms with E-state index in [9.17, 15) is 10.2 Å². The standard InChI is InChI=1S/C28H34NO2P/c1-20-13-15-25(21(2)29-18-17-22-14-16-26(30)27(31)19-22)28(20)32(23-9-5-3-6-10-23)24-11-7-4-8-12-24/h3-12,14,16,19-21,25,28-31H,13,15,17-18H2,1-2H3/t20?,21?,25-,28?/m0/s1. The van der Waals surface area contributed by atoms with Crippen LogP contribution in [0.4, 0.5) is 0 Å². The first-order chi connectivity index (χ1) is 15.5. The minimum absolute atomic E-state index is 0.0448. The van der Waals surface area contributed by atoms with Gasteiger partial charge in [0, 0.05) is 6.04 Å². The number of benzene rings is 3. The van der Waals surface area contributed by atoms with Gasteiger partial charge in [-0.25, -0.2) is 0 Å². The van der Waals surface area contributed by atoms with Gasteiger partial charge in [-0.05, 0) is 86.5 Å². The van der Waals surface area contributed by atoms with E-state index < -0.39 is 7.92 Å². The van der Waals surface area contributed by atoms with Crippen molar-refractivity contribution < 1.29 is 10.2 Å². The second-order valence-corrected chi connectivity index (χ2v) is 11.4. The highest BCUT2D eigenvalue weighted by Gasteiger charge is 2.42. The summed E-state index contributed by atoms with van der Waals surface area (Å²) in [5.41, 5.74) is 1.68. The van der Waals surface area contributed by atoms with E-state index in [2.05, 4.69) is 79.8 Å². The molecule has 1 aliphatic carbocycles. The molecule has 0 saturated heterocycles. The van der Waals surface area contributed by atoms with Crippen molar-refractivity contribution in [2.45, 2.75) is 44.8 Å². The Morgan fingerprint density at radius 1 is 0.875 bits per heavy atom. The molecule has 0 bridgehead atoms. The third-order valence-electron chi connectivity index (χ3n) is 6.91. The maximum atomic E-state index is 9.75. The van der Waals surface area contributed by atoms with E-state index in [4.69, 9.17) is 0 Å². The minimum atomic E-state index is -0.431. The molecule has 0 aliphatic heterocycles. The van der Waals surface area contributed by atoms with Crippen LogP contribution in [0, 0.1) is 11.8 Å². The summed E-state index contributed by atoms with van der Waals surface area (Å²) >= 11 is 0. The van der Waals surface area contributed by atoms with Crippen molar-refractivity contribution in [1.29, 1.82) is 0 Å². The maximum Gasteiger partial charge on any atom is 0.157 e. The molecule has 32 heavy (non-hydrogen) atoms. The Kier molecular flexibility index (Phi) is 7.50. The molecule has 4 atom stereocenters. The second kappa shape index (κ2) is 10.5. The van der Waals surface area contributed by atoms with Crippen LogP contribution >= 0.6 is 7.92 Å². The number of hydrogen-bond acceptors (Lipinski definition) is 3. The van der Waals surface area contributed by atoms with Crippen molar-refractivity contribution in [2.75, 3.05) is 6.54 Å². The first-order valence-corrected chi connectivity index (χ1v) is 13.1. The van der Waals surface area contributed by atoms with Crippen molar-refractivity contribution in [3.05, 3.63) is 84.4 Å². The van der Waals surface area contributed by atoms with Crippen molar-refractivity contribution in [1.82, 2.24) is 5.32 Å². The molecule has 0 aromatic heterocycles. The molecule has 0 heterocycles. The van der Waals surface area contributed by atoms with Crippen LogP contribution in [0.3, 0.4) is 0 Å². The van der Waals surface area contributed by atoms with Crippen molar-refractivity contribution >= 4 is 18.5 Å². The predicted octanol–water partition coefficient (Wildman–Crippen LogP) is 5.17.